The first-order valence-corrected chi connectivity index (χ1v) is 21.1. The topological polar surface area (TPSA) is 146 Å². The molecule has 3 fully saturated rings. The van der Waals surface area contributed by atoms with Gasteiger partial charge >= 0.3 is 0 Å². The fourth-order valence-corrected chi connectivity index (χ4v) is 9.74. The third-order valence-corrected chi connectivity index (χ3v) is 13.2. The summed E-state index contributed by atoms with van der Waals surface area (Å²) < 4.78 is 12.1. The number of hydrogen-bond acceptors (Lipinski definition) is 9. The van der Waals surface area contributed by atoms with E-state index in [0.717, 1.165) is 37.7 Å². The number of benzene rings is 1. The fraction of sp³-hybridized carbons (Fsp3) is 0.682. The van der Waals surface area contributed by atoms with Gasteiger partial charge in [0.1, 0.15) is 6.04 Å². The Bertz CT molecular complexity index is 1630. The molecule has 1 aromatic heterocycles. The molecule has 4 amide bonds. The van der Waals surface area contributed by atoms with E-state index in [1.807, 2.05) is 63.1 Å². The van der Waals surface area contributed by atoms with E-state index >= 15 is 0 Å². The summed E-state index contributed by atoms with van der Waals surface area (Å²) in [4.78, 5) is 71.0. The van der Waals surface area contributed by atoms with E-state index in [0.29, 0.717) is 37.2 Å². The number of carbonyl (C=O) groups is 4. The quantitative estimate of drug-likeness (QED) is 0.211. The fourth-order valence-electron chi connectivity index (χ4n) is 9.74. The van der Waals surface area contributed by atoms with Crippen LogP contribution in [0.5, 0.6) is 0 Å². The summed E-state index contributed by atoms with van der Waals surface area (Å²) in [6, 6.07) is 9.94. The number of piperidine rings is 1. The Balaban J connectivity index is 1.27. The average Bonchev–Trinajstić information content (AvgIpc) is 3.97. The van der Waals surface area contributed by atoms with Crippen LogP contribution >= 0.6 is 0 Å². The van der Waals surface area contributed by atoms with Gasteiger partial charge in [0.05, 0.1) is 48.7 Å². The van der Waals surface area contributed by atoms with Crippen LogP contribution < -0.4 is 10.6 Å². The van der Waals surface area contributed by atoms with Crippen molar-refractivity contribution in [1.29, 1.82) is 0 Å². The maximum Gasteiger partial charge on any atom is 0.245 e. The van der Waals surface area contributed by atoms with Crippen molar-refractivity contribution in [2.75, 3.05) is 34.9 Å². The van der Waals surface area contributed by atoms with Crippen LogP contribution in [-0.2, 0) is 35.1 Å². The van der Waals surface area contributed by atoms with Crippen LogP contribution in [0.15, 0.2) is 48.8 Å². The number of likely N-dealkylation sites (tertiary alicyclic amines) is 2. The van der Waals surface area contributed by atoms with E-state index in [1.54, 1.807) is 44.6 Å². The number of nitrogens with one attached hydrogen (secondary N) is 2. The first-order valence-electron chi connectivity index (χ1n) is 21.1. The lowest BCUT2D eigenvalue weighted by atomic mass is 9.89. The van der Waals surface area contributed by atoms with E-state index in [1.165, 1.54) is 0 Å². The largest absolute Gasteiger partial charge is 0.379 e. The van der Waals surface area contributed by atoms with Gasteiger partial charge < -0.3 is 29.9 Å². The minimum atomic E-state index is -0.714. The lowest BCUT2D eigenvalue weighted by molar-refractivity contribution is -0.148. The van der Waals surface area contributed by atoms with Crippen LogP contribution in [0.3, 0.4) is 0 Å². The van der Waals surface area contributed by atoms with E-state index in [-0.39, 0.29) is 54.0 Å². The Hall–Kier alpha value is -3.94. The SMILES string of the molecule is CC[C@H](C)[C@@H]([C@@H](CC(=O)N1CCC[C@H]1[C@H](OC)[C@@H](C)C(=O)N[C@@H](Cc1ccccc1)c1ncccn1)OC)N(C)C(=O)[C@@H](NC(=O)[C@@H]1[C@H]2CC[C@H](C2)N1C)C(C)C. The Labute approximate surface area is 340 Å². The summed E-state index contributed by atoms with van der Waals surface area (Å²) in [5.74, 6) is -0.477. The number of likely N-dealkylation sites (N-methyl/N-ethyl adjacent to an activating group) is 2. The van der Waals surface area contributed by atoms with Gasteiger partial charge in [0.2, 0.25) is 23.6 Å². The second kappa shape index (κ2) is 20.2. The summed E-state index contributed by atoms with van der Waals surface area (Å²) in [7, 11) is 6.97. The highest BCUT2D eigenvalue weighted by atomic mass is 16.5. The Morgan fingerprint density at radius 1 is 0.947 bits per heavy atom. The number of carbonyl (C=O) groups excluding carboxylic acids is 4. The maximum absolute atomic E-state index is 14.4. The molecule has 2 saturated heterocycles. The van der Waals surface area contributed by atoms with Crippen LogP contribution in [0.25, 0.3) is 0 Å². The molecular formula is C44H67N7O6. The first-order chi connectivity index (χ1) is 27.3. The van der Waals surface area contributed by atoms with Gasteiger partial charge in [0.25, 0.3) is 0 Å². The molecule has 3 aliphatic rings. The van der Waals surface area contributed by atoms with Crippen LogP contribution in [-0.4, -0.2) is 126 Å². The normalized spacial score (nSPS) is 24.4. The highest BCUT2D eigenvalue weighted by molar-refractivity contribution is 5.90. The average molecular weight is 790 g/mol. The molecule has 13 heteroatoms. The zero-order valence-corrected chi connectivity index (χ0v) is 35.6. The molecule has 0 unspecified atom stereocenters. The summed E-state index contributed by atoms with van der Waals surface area (Å²) in [5, 5.41) is 6.33. The number of nitrogens with zero attached hydrogens (tertiary/aromatic N) is 5. The minimum Gasteiger partial charge on any atom is -0.379 e. The summed E-state index contributed by atoms with van der Waals surface area (Å²) in [5.41, 5.74) is 1.04. The second-order valence-electron chi connectivity index (χ2n) is 17.0. The summed E-state index contributed by atoms with van der Waals surface area (Å²) in [6.45, 7) is 10.4. The van der Waals surface area contributed by atoms with Crippen LogP contribution in [0.1, 0.15) is 97.0 Å². The van der Waals surface area contributed by atoms with E-state index < -0.39 is 36.3 Å². The predicted octanol–water partition coefficient (Wildman–Crippen LogP) is 4.42. The Kier molecular flexibility index (Phi) is 15.6. The summed E-state index contributed by atoms with van der Waals surface area (Å²) in [6.07, 6.45) is 8.16. The van der Waals surface area contributed by atoms with E-state index in [4.69, 9.17) is 9.47 Å². The third-order valence-electron chi connectivity index (χ3n) is 13.2. The third kappa shape index (κ3) is 10.2. The van der Waals surface area contributed by atoms with Crippen molar-refractivity contribution in [3.05, 3.63) is 60.2 Å². The second-order valence-corrected chi connectivity index (χ2v) is 17.0. The molecule has 57 heavy (non-hydrogen) atoms. The zero-order chi connectivity index (χ0) is 41.4. The van der Waals surface area contributed by atoms with Crippen molar-refractivity contribution in [3.63, 3.8) is 0 Å². The van der Waals surface area contributed by atoms with Crippen molar-refractivity contribution >= 4 is 23.6 Å². The van der Waals surface area contributed by atoms with Gasteiger partial charge in [-0.3, -0.25) is 24.1 Å². The highest BCUT2D eigenvalue weighted by Gasteiger charge is 2.49. The molecule has 13 nitrogen and oxygen atoms in total. The Morgan fingerprint density at radius 2 is 1.65 bits per heavy atom. The highest BCUT2D eigenvalue weighted by Crippen LogP contribution is 2.41. The molecule has 11 atom stereocenters. The lowest BCUT2D eigenvalue weighted by Crippen LogP contribution is -2.60. The number of rotatable bonds is 19. The predicted molar refractivity (Wildman–Crippen MR) is 219 cm³/mol. The summed E-state index contributed by atoms with van der Waals surface area (Å²) >= 11 is 0. The van der Waals surface area contributed by atoms with Gasteiger partial charge in [0, 0.05) is 46.2 Å². The molecule has 2 aliphatic heterocycles. The number of hydrogen-bond donors (Lipinski definition) is 2. The van der Waals surface area contributed by atoms with Crippen LogP contribution in [0.2, 0.25) is 0 Å². The molecule has 2 aromatic rings. The number of methoxy groups -OCH3 is 2. The monoisotopic (exact) mass is 790 g/mol. The number of fused-ring (bicyclic) bond motifs is 2. The molecule has 1 aliphatic carbocycles. The van der Waals surface area contributed by atoms with Gasteiger partial charge in [-0.2, -0.15) is 0 Å². The molecule has 3 heterocycles. The smallest absolute Gasteiger partial charge is 0.245 e. The molecule has 5 rings (SSSR count). The molecule has 0 radical (unpaired) electrons. The van der Waals surface area contributed by atoms with Gasteiger partial charge in [-0.05, 0) is 75.0 Å². The first kappa shape index (κ1) is 44.2. The van der Waals surface area contributed by atoms with Gasteiger partial charge in [-0.15, -0.1) is 0 Å². The number of amides is 4. The van der Waals surface area contributed by atoms with Crippen molar-refractivity contribution in [1.82, 2.24) is 35.3 Å². The van der Waals surface area contributed by atoms with Crippen LogP contribution in [0.4, 0.5) is 0 Å². The van der Waals surface area contributed by atoms with Crippen LogP contribution in [0, 0.1) is 23.7 Å². The van der Waals surface area contributed by atoms with Gasteiger partial charge in [-0.1, -0.05) is 71.4 Å². The molecular weight excluding hydrogens is 723 g/mol. The molecule has 2 N–H and O–H groups in total. The van der Waals surface area contributed by atoms with Gasteiger partial charge in [0.15, 0.2) is 5.82 Å². The Morgan fingerprint density at radius 3 is 2.25 bits per heavy atom. The lowest BCUT2D eigenvalue weighted by Gasteiger charge is -2.41. The van der Waals surface area contributed by atoms with Crippen molar-refractivity contribution in [2.24, 2.45) is 23.7 Å². The molecule has 1 saturated carbocycles. The number of ether oxygens (including phenoxy) is 2. The molecule has 1 aromatic carbocycles. The molecule has 2 bridgehead atoms. The van der Waals surface area contributed by atoms with Gasteiger partial charge in [-0.25, -0.2) is 9.97 Å². The standard InChI is InChI=1S/C44H67N7O6/c1-10-28(4)38(50(7)44(55)37(27(2)3)48-43(54)39-31-19-20-32(25-31)49(39)6)35(56-8)26-36(52)51-23-14-18-34(51)40(57-9)29(5)42(53)47-33(41-45-21-15-22-46-41)24-30-16-12-11-13-17-30/h11-13,15-17,21-22,27-29,31-35,37-40H,10,14,18-20,23-26H2,1-9H3,(H,47,53)(H,48,54)/t28-,29+,31-,32+,33-,34-,35+,37-,38-,39-,40+/m0/s1. The minimum absolute atomic E-state index is 0.000781. The van der Waals surface area contributed by atoms with E-state index in [2.05, 4.69) is 39.3 Å². The van der Waals surface area contributed by atoms with E-state index in [9.17, 15) is 19.2 Å². The number of aromatic nitrogens is 2. The maximum atomic E-state index is 14.4. The molecule has 0 spiro atoms. The van der Waals surface area contributed by atoms with Crippen molar-refractivity contribution in [2.45, 2.75) is 134 Å². The van der Waals surface area contributed by atoms with Crippen molar-refractivity contribution in [3.8, 4) is 0 Å². The van der Waals surface area contributed by atoms with Crippen molar-refractivity contribution < 1.29 is 28.7 Å². The molecule has 314 valence electrons. The zero-order valence-electron chi connectivity index (χ0n) is 35.6.